The van der Waals surface area contributed by atoms with Gasteiger partial charge in [0.25, 0.3) is 0 Å². The number of benzene rings is 10. The third-order valence-corrected chi connectivity index (χ3v) is 20.3. The second-order valence-electron chi connectivity index (χ2n) is 24.2. The molecule has 444 valence electrons. The number of thiocarbonyl (C=S) groups is 1. The first kappa shape index (κ1) is 60.8. The SMILES string of the molecule is CSC(=S)SC(C#N)CC(CC(CC(C)(C)C#N)c1ccc(-c2ccc3c(c2)c(=O)c2cc4c(cc2n3C)c(=O)c2ccccc2n4C)cc1)c1ccc(N(c2ccc(-c3ccc(N(c4ccccc4)c4cccc(C)c4)cc3)cc2)c2cccc(C)c2)cc1. The van der Waals surface area contributed by atoms with Gasteiger partial charge in [-0.1, -0.05) is 145 Å². The molecule has 0 aliphatic heterocycles. The van der Waals surface area contributed by atoms with Crippen molar-refractivity contribution in [1.29, 1.82) is 10.5 Å². The molecular weight excluding hydrogens is 1160 g/mol. The molecule has 10 aromatic carbocycles. The molecule has 11 heteroatoms. The number of thioether (sulfide) groups is 2. The van der Waals surface area contributed by atoms with Crippen LogP contribution in [0.2, 0.25) is 0 Å². The van der Waals surface area contributed by atoms with Crippen LogP contribution in [-0.4, -0.2) is 24.2 Å². The molecule has 0 bridgehead atoms. The van der Waals surface area contributed by atoms with Crippen LogP contribution in [0.15, 0.2) is 240 Å². The van der Waals surface area contributed by atoms with E-state index in [1.807, 2.05) is 104 Å². The molecule has 0 saturated heterocycles. The van der Waals surface area contributed by atoms with Crippen molar-refractivity contribution in [2.24, 2.45) is 19.5 Å². The highest BCUT2D eigenvalue weighted by Gasteiger charge is 2.30. The zero-order valence-corrected chi connectivity index (χ0v) is 54.0. The molecule has 0 amide bonds. The minimum absolute atomic E-state index is 0.0529. The van der Waals surface area contributed by atoms with Crippen LogP contribution < -0.4 is 20.7 Å². The highest BCUT2D eigenvalue weighted by atomic mass is 32.2. The van der Waals surface area contributed by atoms with Crippen LogP contribution in [0.3, 0.4) is 0 Å². The normalized spacial score (nSPS) is 12.6. The van der Waals surface area contributed by atoms with Gasteiger partial charge in [-0.3, -0.25) is 9.59 Å². The molecule has 0 saturated carbocycles. The second-order valence-corrected chi connectivity index (χ2v) is 27.4. The van der Waals surface area contributed by atoms with Gasteiger partial charge in [0.05, 0.1) is 44.9 Å². The van der Waals surface area contributed by atoms with Gasteiger partial charge < -0.3 is 18.9 Å². The zero-order valence-electron chi connectivity index (χ0n) is 51.5. The van der Waals surface area contributed by atoms with Crippen LogP contribution in [0.25, 0.3) is 65.9 Å². The molecule has 3 unspecified atom stereocenters. The highest BCUT2D eigenvalue weighted by Crippen LogP contribution is 2.45. The Balaban J connectivity index is 0.853. The fourth-order valence-corrected chi connectivity index (χ4v) is 14.6. The Morgan fingerprint density at radius 1 is 0.478 bits per heavy atom. The van der Waals surface area contributed by atoms with E-state index in [0.29, 0.717) is 51.8 Å². The number of hydrogen-bond donors (Lipinski definition) is 0. The van der Waals surface area contributed by atoms with E-state index in [-0.39, 0.29) is 27.9 Å². The third-order valence-electron chi connectivity index (χ3n) is 17.6. The molecule has 0 radical (unpaired) electrons. The Kier molecular flexibility index (Phi) is 17.5. The summed E-state index contributed by atoms with van der Waals surface area (Å²) in [6.07, 6.45) is 3.80. The summed E-state index contributed by atoms with van der Waals surface area (Å²) < 4.78 is 4.73. The molecular formula is C79H68N6O2S3. The highest BCUT2D eigenvalue weighted by molar-refractivity contribution is 8.47. The van der Waals surface area contributed by atoms with Crippen molar-refractivity contribution in [3.05, 3.63) is 273 Å². The zero-order chi connectivity index (χ0) is 62.8. The predicted octanol–water partition coefficient (Wildman–Crippen LogP) is 20.4. The topological polar surface area (TPSA) is 98.1 Å². The molecule has 0 aliphatic rings. The smallest absolute Gasteiger partial charge is 0.197 e. The van der Waals surface area contributed by atoms with Gasteiger partial charge >= 0.3 is 0 Å². The van der Waals surface area contributed by atoms with Gasteiger partial charge in [0.2, 0.25) is 0 Å². The molecule has 2 aromatic heterocycles. The van der Waals surface area contributed by atoms with Gasteiger partial charge in [-0.2, -0.15) is 10.5 Å². The van der Waals surface area contributed by atoms with Gasteiger partial charge in [0.15, 0.2) is 10.9 Å². The fraction of sp³-hybridized carbons (Fsp3) is 0.177. The van der Waals surface area contributed by atoms with Crippen molar-refractivity contribution in [1.82, 2.24) is 9.13 Å². The third kappa shape index (κ3) is 12.5. The van der Waals surface area contributed by atoms with Crippen molar-refractivity contribution in [2.75, 3.05) is 16.1 Å². The number of para-hydroxylation sites is 2. The Morgan fingerprint density at radius 2 is 0.911 bits per heavy atom. The monoisotopic (exact) mass is 1230 g/mol. The maximum Gasteiger partial charge on any atom is 0.197 e. The van der Waals surface area contributed by atoms with E-state index in [4.69, 9.17) is 12.2 Å². The largest absolute Gasteiger partial charge is 0.343 e. The number of nitriles is 2. The van der Waals surface area contributed by atoms with E-state index in [0.717, 1.165) is 87.6 Å². The second kappa shape index (κ2) is 25.9. The summed E-state index contributed by atoms with van der Waals surface area (Å²) in [5.74, 6) is -0.123. The molecule has 12 aromatic rings. The number of hydrogen-bond acceptors (Lipinski definition) is 9. The average molecular weight is 1230 g/mol. The molecule has 0 N–H and O–H groups in total. The molecule has 0 spiro atoms. The van der Waals surface area contributed by atoms with E-state index in [1.165, 1.54) is 29.1 Å². The van der Waals surface area contributed by atoms with Crippen molar-refractivity contribution in [3.8, 4) is 34.4 Å². The van der Waals surface area contributed by atoms with Crippen molar-refractivity contribution in [3.63, 3.8) is 0 Å². The van der Waals surface area contributed by atoms with Crippen LogP contribution in [0.1, 0.15) is 67.2 Å². The molecule has 3 atom stereocenters. The molecule has 0 aliphatic carbocycles. The molecule has 90 heavy (non-hydrogen) atoms. The molecule has 8 nitrogen and oxygen atoms in total. The summed E-state index contributed by atoms with van der Waals surface area (Å²) in [4.78, 5) is 33.0. The van der Waals surface area contributed by atoms with E-state index in [1.54, 1.807) is 0 Å². The first-order valence-electron chi connectivity index (χ1n) is 30.3. The van der Waals surface area contributed by atoms with Crippen LogP contribution in [-0.2, 0) is 14.1 Å². The summed E-state index contributed by atoms with van der Waals surface area (Å²) >= 11 is 8.65. The Labute approximate surface area is 540 Å². The van der Waals surface area contributed by atoms with Gasteiger partial charge in [0, 0.05) is 69.8 Å². The van der Waals surface area contributed by atoms with E-state index < -0.39 is 5.41 Å². The van der Waals surface area contributed by atoms with Crippen LogP contribution in [0, 0.1) is 41.9 Å². The van der Waals surface area contributed by atoms with E-state index in [2.05, 4.69) is 206 Å². The lowest BCUT2D eigenvalue weighted by molar-refractivity contribution is 0.367. The van der Waals surface area contributed by atoms with Gasteiger partial charge in [0.1, 0.15) is 3.53 Å². The Morgan fingerprint density at radius 3 is 1.44 bits per heavy atom. The Bertz CT molecular complexity index is 4890. The molecule has 0 fully saturated rings. The van der Waals surface area contributed by atoms with Crippen LogP contribution in [0.4, 0.5) is 34.1 Å². The maximum absolute atomic E-state index is 14.6. The number of anilines is 6. The molecule has 2 heterocycles. The first-order valence-corrected chi connectivity index (χ1v) is 32.8. The van der Waals surface area contributed by atoms with Crippen molar-refractivity contribution >= 4 is 117 Å². The minimum Gasteiger partial charge on any atom is -0.343 e. The minimum atomic E-state index is -0.647. The summed E-state index contributed by atoms with van der Waals surface area (Å²) in [6, 6.07) is 85.1. The summed E-state index contributed by atoms with van der Waals surface area (Å²) in [7, 11) is 3.88. The summed E-state index contributed by atoms with van der Waals surface area (Å²) in [5.41, 5.74) is 17.2. The van der Waals surface area contributed by atoms with Crippen LogP contribution in [0.5, 0.6) is 0 Å². The van der Waals surface area contributed by atoms with E-state index >= 15 is 0 Å². The summed E-state index contributed by atoms with van der Waals surface area (Å²) in [6.45, 7) is 8.25. The lowest BCUT2D eigenvalue weighted by Gasteiger charge is -2.30. The van der Waals surface area contributed by atoms with E-state index in [9.17, 15) is 20.1 Å². The molecule has 12 rings (SSSR count). The first-order chi connectivity index (χ1) is 43.6. The number of aromatic nitrogens is 2. The van der Waals surface area contributed by atoms with Gasteiger partial charge in [-0.15, -0.1) is 11.8 Å². The predicted molar refractivity (Wildman–Crippen MR) is 385 cm³/mol. The number of nitrogens with zero attached hydrogens (tertiary/aromatic N) is 6. The van der Waals surface area contributed by atoms with Crippen molar-refractivity contribution in [2.45, 2.75) is 64.0 Å². The number of rotatable bonds is 17. The van der Waals surface area contributed by atoms with Crippen LogP contribution >= 0.6 is 35.7 Å². The quantitative estimate of drug-likeness (QED) is 0.0652. The maximum atomic E-state index is 14.6. The van der Waals surface area contributed by atoms with Gasteiger partial charge in [-0.25, -0.2) is 0 Å². The van der Waals surface area contributed by atoms with Gasteiger partial charge in [-0.05, 0) is 219 Å². The average Bonchev–Trinajstić information content (AvgIpc) is 0.759. The number of pyridine rings is 2. The summed E-state index contributed by atoms with van der Waals surface area (Å²) in [5, 5.41) is 23.2. The standard InChI is InChI=1S/C79H68N6O2S3/c1-51-15-13-19-65(41-51)84(61-17-9-8-10-18-61)62-34-27-53(28-35-62)54-29-36-63(37-30-54)85(66-20-14-16-52(2)42-66)64-38-31-56(32-39-64)59(44-67(49-80)90-78(88)89-7)43-60(48-79(3,4)50-81)57-25-23-55(24-26-57)58-33-40-73-69(45-58)77(87)71-47-74-70(46-75(71)83(73)6)76(86)68-21-11-12-22-72(68)82(74)5/h8-42,45-47,59-60,67H,43-44,48H2,1-7H3. The fourth-order valence-electron chi connectivity index (χ4n) is 12.9. The lowest BCUT2D eigenvalue weighted by Crippen LogP contribution is -2.18. The lowest BCUT2D eigenvalue weighted by atomic mass is 9.75. The Hall–Kier alpha value is -9.49. The number of fused-ring (bicyclic) bond motifs is 4. The van der Waals surface area contributed by atoms with Crippen molar-refractivity contribution < 1.29 is 0 Å². The number of aryl methyl sites for hydroxylation is 4.